The van der Waals surface area contributed by atoms with E-state index in [2.05, 4.69) is 9.72 Å². The van der Waals surface area contributed by atoms with Crippen LogP contribution in [0.1, 0.15) is 30.0 Å². The van der Waals surface area contributed by atoms with Crippen molar-refractivity contribution in [3.05, 3.63) is 29.6 Å². The van der Waals surface area contributed by atoms with E-state index in [9.17, 15) is 18.0 Å². The molecule has 1 aliphatic rings. The van der Waals surface area contributed by atoms with Crippen molar-refractivity contribution in [1.29, 1.82) is 0 Å². The molecule has 0 saturated heterocycles. The fourth-order valence-corrected chi connectivity index (χ4v) is 1.91. The van der Waals surface area contributed by atoms with Crippen LogP contribution in [0, 0.1) is 5.92 Å². The minimum atomic E-state index is -4.43. The van der Waals surface area contributed by atoms with E-state index in [1.165, 1.54) is 7.11 Å². The van der Waals surface area contributed by atoms with Gasteiger partial charge in [0.25, 0.3) is 0 Å². The number of pyridine rings is 1. The van der Waals surface area contributed by atoms with E-state index in [1.807, 2.05) is 0 Å². The van der Waals surface area contributed by atoms with Crippen molar-refractivity contribution in [2.45, 2.75) is 24.9 Å². The van der Waals surface area contributed by atoms with Crippen LogP contribution in [0.15, 0.2) is 18.3 Å². The average Bonchev–Trinajstić information content (AvgIpc) is 3.13. The van der Waals surface area contributed by atoms with E-state index >= 15 is 0 Å². The van der Waals surface area contributed by atoms with Gasteiger partial charge in [-0.2, -0.15) is 13.2 Å². The zero-order valence-electron chi connectivity index (χ0n) is 9.70. The molecule has 0 amide bonds. The van der Waals surface area contributed by atoms with Crippen LogP contribution in [0.2, 0.25) is 0 Å². The molecule has 2 rings (SSSR count). The quantitative estimate of drug-likeness (QED) is 0.783. The van der Waals surface area contributed by atoms with Crippen molar-refractivity contribution in [2.75, 3.05) is 7.11 Å². The van der Waals surface area contributed by atoms with Crippen LogP contribution < -0.4 is 0 Å². The predicted molar refractivity (Wildman–Crippen MR) is 56.7 cm³/mol. The maximum absolute atomic E-state index is 12.6. The van der Waals surface area contributed by atoms with Gasteiger partial charge in [0.2, 0.25) is 0 Å². The molecule has 1 aliphatic carbocycles. The van der Waals surface area contributed by atoms with Crippen molar-refractivity contribution in [2.24, 2.45) is 5.92 Å². The van der Waals surface area contributed by atoms with E-state index in [0.29, 0.717) is 0 Å². The summed E-state index contributed by atoms with van der Waals surface area (Å²) in [5, 5.41) is 0. The van der Waals surface area contributed by atoms with Crippen LogP contribution in [0.3, 0.4) is 0 Å². The third-order valence-electron chi connectivity index (χ3n) is 2.98. The van der Waals surface area contributed by atoms with Gasteiger partial charge in [-0.25, -0.2) is 0 Å². The first-order valence-corrected chi connectivity index (χ1v) is 5.54. The third-order valence-corrected chi connectivity index (χ3v) is 2.98. The molecule has 0 bridgehead atoms. The Morgan fingerprint density at radius 1 is 1.50 bits per heavy atom. The van der Waals surface area contributed by atoms with Gasteiger partial charge in [0, 0.05) is 6.20 Å². The van der Waals surface area contributed by atoms with Gasteiger partial charge in [-0.05, 0) is 30.9 Å². The second-order valence-corrected chi connectivity index (χ2v) is 4.31. The largest absolute Gasteiger partial charge is 0.468 e. The van der Waals surface area contributed by atoms with Crippen molar-refractivity contribution < 1.29 is 22.7 Å². The number of alkyl halides is 3. The normalized spacial score (nSPS) is 17.3. The summed E-state index contributed by atoms with van der Waals surface area (Å²) in [5.74, 6) is -1.16. The Balaban J connectivity index is 2.33. The van der Waals surface area contributed by atoms with Gasteiger partial charge >= 0.3 is 12.1 Å². The Bertz CT molecular complexity index is 455. The molecule has 3 nitrogen and oxygen atoms in total. The highest BCUT2D eigenvalue weighted by molar-refractivity contribution is 5.78. The van der Waals surface area contributed by atoms with E-state index < -0.39 is 23.6 Å². The molecule has 1 atom stereocenters. The Kier molecular flexibility index (Phi) is 3.28. The summed E-state index contributed by atoms with van der Waals surface area (Å²) in [6.45, 7) is 0. The number of aromatic nitrogens is 1. The number of nitrogens with zero attached hydrogens (tertiary/aromatic N) is 1. The minimum absolute atomic E-state index is 0.0495. The van der Waals surface area contributed by atoms with Crippen LogP contribution in [0.5, 0.6) is 0 Å². The first kappa shape index (κ1) is 12.9. The number of esters is 1. The molecule has 0 aliphatic heterocycles. The number of ether oxygens (including phenoxy) is 1. The molecule has 1 fully saturated rings. The molecule has 1 aromatic rings. The Morgan fingerprint density at radius 2 is 2.17 bits per heavy atom. The van der Waals surface area contributed by atoms with Gasteiger partial charge in [0.1, 0.15) is 5.92 Å². The fourth-order valence-electron chi connectivity index (χ4n) is 1.91. The first-order chi connectivity index (χ1) is 8.43. The molecule has 1 unspecified atom stereocenters. The van der Waals surface area contributed by atoms with Gasteiger partial charge in [0.15, 0.2) is 0 Å². The molecule has 98 valence electrons. The topological polar surface area (TPSA) is 39.2 Å². The molecular weight excluding hydrogens is 247 g/mol. The molecule has 1 heterocycles. The Hall–Kier alpha value is -1.59. The lowest BCUT2D eigenvalue weighted by atomic mass is 9.98. The van der Waals surface area contributed by atoms with Gasteiger partial charge in [-0.15, -0.1) is 0 Å². The monoisotopic (exact) mass is 259 g/mol. The summed E-state index contributed by atoms with van der Waals surface area (Å²) in [7, 11) is 1.23. The van der Waals surface area contributed by atoms with Crippen LogP contribution in [-0.4, -0.2) is 18.1 Å². The SMILES string of the molecule is COC(=O)C(c1cc(C(F)(F)F)ccn1)C1CC1. The standard InChI is InChI=1S/C12H12F3NO2/c1-18-11(17)10(7-2-3-7)9-6-8(4-5-16-9)12(13,14)15/h4-7,10H,2-3H2,1H3. The lowest BCUT2D eigenvalue weighted by molar-refractivity contribution is -0.143. The molecular formula is C12H12F3NO2. The highest BCUT2D eigenvalue weighted by Crippen LogP contribution is 2.43. The summed E-state index contributed by atoms with van der Waals surface area (Å²) >= 11 is 0. The lowest BCUT2D eigenvalue weighted by Gasteiger charge is -2.15. The van der Waals surface area contributed by atoms with Crippen LogP contribution >= 0.6 is 0 Å². The van der Waals surface area contributed by atoms with Gasteiger partial charge in [-0.3, -0.25) is 9.78 Å². The third kappa shape index (κ3) is 2.63. The number of hydrogen-bond donors (Lipinski definition) is 0. The maximum Gasteiger partial charge on any atom is 0.416 e. The molecule has 0 aromatic carbocycles. The van der Waals surface area contributed by atoms with Crippen molar-refractivity contribution in [3.8, 4) is 0 Å². The number of halogens is 3. The molecule has 18 heavy (non-hydrogen) atoms. The van der Waals surface area contributed by atoms with Crippen LogP contribution in [0.4, 0.5) is 13.2 Å². The maximum atomic E-state index is 12.6. The number of carbonyl (C=O) groups excluding carboxylic acids is 1. The summed E-state index contributed by atoms with van der Waals surface area (Å²) in [6.07, 6.45) is -1.71. The summed E-state index contributed by atoms with van der Waals surface area (Å²) < 4.78 is 42.4. The van der Waals surface area contributed by atoms with E-state index in [0.717, 1.165) is 31.2 Å². The smallest absolute Gasteiger partial charge is 0.416 e. The van der Waals surface area contributed by atoms with Crippen molar-refractivity contribution in [1.82, 2.24) is 4.98 Å². The molecule has 0 N–H and O–H groups in total. The van der Waals surface area contributed by atoms with E-state index in [1.54, 1.807) is 0 Å². The average molecular weight is 259 g/mol. The Labute approximate surface area is 102 Å². The number of methoxy groups -OCH3 is 1. The molecule has 1 aromatic heterocycles. The highest BCUT2D eigenvalue weighted by Gasteiger charge is 2.40. The number of carbonyl (C=O) groups is 1. The van der Waals surface area contributed by atoms with Crippen LogP contribution in [-0.2, 0) is 15.7 Å². The lowest BCUT2D eigenvalue weighted by Crippen LogP contribution is -2.18. The fraction of sp³-hybridized carbons (Fsp3) is 0.500. The Morgan fingerprint density at radius 3 is 2.67 bits per heavy atom. The van der Waals surface area contributed by atoms with E-state index in [-0.39, 0.29) is 11.6 Å². The van der Waals surface area contributed by atoms with Crippen molar-refractivity contribution >= 4 is 5.97 Å². The molecule has 6 heteroatoms. The molecule has 1 saturated carbocycles. The first-order valence-electron chi connectivity index (χ1n) is 5.54. The summed E-state index contributed by atoms with van der Waals surface area (Å²) in [4.78, 5) is 15.5. The second-order valence-electron chi connectivity index (χ2n) is 4.31. The highest BCUT2D eigenvalue weighted by atomic mass is 19.4. The summed E-state index contributed by atoms with van der Waals surface area (Å²) in [5.41, 5.74) is -0.652. The molecule has 0 spiro atoms. The van der Waals surface area contributed by atoms with Crippen LogP contribution in [0.25, 0.3) is 0 Å². The summed E-state index contributed by atoms with van der Waals surface area (Å²) in [6, 6.07) is 1.82. The van der Waals surface area contributed by atoms with E-state index in [4.69, 9.17) is 0 Å². The molecule has 0 radical (unpaired) electrons. The predicted octanol–water partition coefficient (Wildman–Crippen LogP) is 2.77. The number of hydrogen-bond acceptors (Lipinski definition) is 3. The van der Waals surface area contributed by atoms with Gasteiger partial charge in [0.05, 0.1) is 18.4 Å². The number of rotatable bonds is 3. The second kappa shape index (κ2) is 4.59. The minimum Gasteiger partial charge on any atom is -0.468 e. The van der Waals surface area contributed by atoms with Crippen molar-refractivity contribution in [3.63, 3.8) is 0 Å². The van der Waals surface area contributed by atoms with Gasteiger partial charge < -0.3 is 4.74 Å². The zero-order valence-corrected chi connectivity index (χ0v) is 9.70. The zero-order chi connectivity index (χ0) is 13.3. The van der Waals surface area contributed by atoms with Gasteiger partial charge in [-0.1, -0.05) is 0 Å².